The summed E-state index contributed by atoms with van der Waals surface area (Å²) < 4.78 is 15.8. The van der Waals surface area contributed by atoms with Crippen LogP contribution in [0.4, 0.5) is 0 Å². The first-order valence-corrected chi connectivity index (χ1v) is 10.4. The predicted molar refractivity (Wildman–Crippen MR) is 111 cm³/mol. The molecule has 1 aromatic carbocycles. The highest BCUT2D eigenvalue weighted by Crippen LogP contribution is 2.24. The minimum atomic E-state index is -0.468. The highest BCUT2D eigenvalue weighted by atomic mass is 32.2. The van der Waals surface area contributed by atoms with Crippen molar-refractivity contribution in [2.24, 2.45) is 0 Å². The number of aromatic amines is 1. The van der Waals surface area contributed by atoms with Crippen molar-refractivity contribution in [1.82, 2.24) is 15.2 Å². The Balaban J connectivity index is 1.62. The molecule has 0 spiro atoms. The molecular weight excluding hydrogens is 406 g/mol. The Morgan fingerprint density at radius 2 is 1.90 bits per heavy atom. The number of thioether (sulfide) groups is 1. The van der Waals surface area contributed by atoms with Gasteiger partial charge in [-0.3, -0.25) is 4.79 Å². The Morgan fingerprint density at radius 3 is 2.57 bits per heavy atom. The third-order valence-electron chi connectivity index (χ3n) is 4.49. The largest absolute Gasteiger partial charge is 0.497 e. The highest BCUT2D eigenvalue weighted by Gasteiger charge is 2.23. The van der Waals surface area contributed by atoms with E-state index in [1.54, 1.807) is 27.9 Å². The Hall–Kier alpha value is -3.07. The van der Waals surface area contributed by atoms with Gasteiger partial charge in [-0.1, -0.05) is 23.9 Å². The number of H-pyrrole nitrogens is 1. The van der Waals surface area contributed by atoms with Gasteiger partial charge in [0.05, 0.1) is 25.9 Å². The van der Waals surface area contributed by atoms with Gasteiger partial charge in [-0.05, 0) is 44.0 Å². The molecule has 3 aromatic rings. The summed E-state index contributed by atoms with van der Waals surface area (Å²) in [5.41, 5.74) is 3.03. The third-order valence-corrected chi connectivity index (χ3v) is 5.30. The molecule has 0 saturated heterocycles. The average Bonchev–Trinajstić information content (AvgIpc) is 3.30. The van der Waals surface area contributed by atoms with Gasteiger partial charge in [0.15, 0.2) is 5.78 Å². The topological polar surface area (TPSA) is 107 Å². The average molecular weight is 429 g/mol. The van der Waals surface area contributed by atoms with Gasteiger partial charge < -0.3 is 18.9 Å². The second kappa shape index (κ2) is 9.62. The first-order valence-electron chi connectivity index (χ1n) is 9.40. The molecule has 0 amide bonds. The smallest absolute Gasteiger partial charge is 0.355 e. The highest BCUT2D eigenvalue weighted by molar-refractivity contribution is 7.99. The minimum absolute atomic E-state index is 0.117. The summed E-state index contributed by atoms with van der Waals surface area (Å²) in [5.74, 6) is 0.766. The first-order chi connectivity index (χ1) is 14.4. The molecule has 2 heterocycles. The van der Waals surface area contributed by atoms with Gasteiger partial charge in [0.1, 0.15) is 11.4 Å². The summed E-state index contributed by atoms with van der Waals surface area (Å²) in [6.07, 6.45) is 0.491. The number of rotatable bonds is 9. The van der Waals surface area contributed by atoms with Gasteiger partial charge in [-0.15, -0.1) is 10.2 Å². The van der Waals surface area contributed by atoms with Crippen LogP contribution in [0, 0.1) is 13.8 Å². The molecule has 0 unspecified atom stereocenters. The van der Waals surface area contributed by atoms with Crippen molar-refractivity contribution < 1.29 is 23.5 Å². The zero-order chi connectivity index (χ0) is 21.7. The van der Waals surface area contributed by atoms with E-state index in [0.717, 1.165) is 11.3 Å². The van der Waals surface area contributed by atoms with Crippen LogP contribution in [0.15, 0.2) is 33.9 Å². The summed E-state index contributed by atoms with van der Waals surface area (Å²) in [6.45, 7) is 5.49. The number of nitrogens with zero attached hydrogens (tertiary/aromatic N) is 2. The fourth-order valence-electron chi connectivity index (χ4n) is 3.06. The molecule has 3 rings (SSSR count). The number of carbonyl (C=O) groups excluding carboxylic acids is 2. The Kier molecular flexibility index (Phi) is 6.94. The lowest BCUT2D eigenvalue weighted by Gasteiger charge is -2.02. The van der Waals surface area contributed by atoms with Crippen molar-refractivity contribution in [2.75, 3.05) is 19.5 Å². The molecular formula is C21H23N3O5S. The number of nitrogens with one attached hydrogen (secondary N) is 1. The molecule has 158 valence electrons. The molecule has 1 N–H and O–H groups in total. The number of aryl methyl sites for hydroxylation is 1. The van der Waals surface area contributed by atoms with E-state index in [-0.39, 0.29) is 18.1 Å². The third kappa shape index (κ3) is 4.91. The minimum Gasteiger partial charge on any atom is -0.497 e. The Morgan fingerprint density at radius 1 is 1.17 bits per heavy atom. The van der Waals surface area contributed by atoms with Gasteiger partial charge in [0.25, 0.3) is 5.22 Å². The molecule has 0 radical (unpaired) electrons. The van der Waals surface area contributed by atoms with Gasteiger partial charge in [-0.25, -0.2) is 4.79 Å². The van der Waals surface area contributed by atoms with Crippen LogP contribution in [0.3, 0.4) is 0 Å². The number of aromatic nitrogens is 3. The van der Waals surface area contributed by atoms with Crippen LogP contribution >= 0.6 is 11.8 Å². The number of hydrogen-bond donors (Lipinski definition) is 1. The van der Waals surface area contributed by atoms with Crippen LogP contribution in [0.2, 0.25) is 0 Å². The quantitative estimate of drug-likeness (QED) is 0.311. The molecule has 0 fully saturated rings. The second-order valence-electron chi connectivity index (χ2n) is 6.54. The number of ketones is 1. The Bertz CT molecular complexity index is 1040. The van der Waals surface area contributed by atoms with E-state index in [0.29, 0.717) is 40.0 Å². The van der Waals surface area contributed by atoms with Crippen LogP contribution in [-0.2, 0) is 11.2 Å². The standard InChI is InChI=1S/C21H23N3O5S/c1-5-28-20(26)19-12(2)18(13(3)22-19)16(25)11-30-21-24-23-17(29-21)10-14-6-8-15(27-4)9-7-14/h6-9,22H,5,10-11H2,1-4H3. The summed E-state index contributed by atoms with van der Waals surface area (Å²) in [7, 11) is 1.62. The maximum atomic E-state index is 12.7. The van der Waals surface area contributed by atoms with Gasteiger partial charge >= 0.3 is 5.97 Å². The lowest BCUT2D eigenvalue weighted by atomic mass is 10.1. The summed E-state index contributed by atoms with van der Waals surface area (Å²) in [4.78, 5) is 27.7. The van der Waals surface area contributed by atoms with Gasteiger partial charge in [-0.2, -0.15) is 0 Å². The second-order valence-corrected chi connectivity index (χ2v) is 7.47. The van der Waals surface area contributed by atoms with E-state index in [1.165, 1.54) is 11.8 Å². The monoisotopic (exact) mass is 429 g/mol. The van der Waals surface area contributed by atoms with Crippen molar-refractivity contribution in [3.63, 3.8) is 0 Å². The fourth-order valence-corrected chi connectivity index (χ4v) is 3.71. The van der Waals surface area contributed by atoms with Gasteiger partial charge in [0.2, 0.25) is 5.89 Å². The zero-order valence-electron chi connectivity index (χ0n) is 17.3. The number of Topliss-reactive ketones (excluding diaryl/α,β-unsaturated/α-hetero) is 1. The maximum Gasteiger partial charge on any atom is 0.355 e. The van der Waals surface area contributed by atoms with Crippen molar-refractivity contribution in [3.05, 3.63) is 58.2 Å². The van der Waals surface area contributed by atoms with Crippen LogP contribution < -0.4 is 4.74 Å². The van der Waals surface area contributed by atoms with E-state index in [2.05, 4.69) is 15.2 Å². The summed E-state index contributed by atoms with van der Waals surface area (Å²) >= 11 is 1.17. The molecule has 2 aromatic heterocycles. The lowest BCUT2D eigenvalue weighted by Crippen LogP contribution is -2.08. The van der Waals surface area contributed by atoms with E-state index in [1.807, 2.05) is 24.3 Å². The van der Waals surface area contributed by atoms with E-state index < -0.39 is 5.97 Å². The molecule has 30 heavy (non-hydrogen) atoms. The van der Waals surface area contributed by atoms with Crippen molar-refractivity contribution in [1.29, 1.82) is 0 Å². The summed E-state index contributed by atoms with van der Waals surface area (Å²) in [6, 6.07) is 7.59. The predicted octanol–water partition coefficient (Wildman–Crippen LogP) is 3.77. The molecule has 0 saturated carbocycles. The van der Waals surface area contributed by atoms with Crippen LogP contribution in [0.25, 0.3) is 0 Å². The number of benzene rings is 1. The number of hydrogen-bond acceptors (Lipinski definition) is 8. The van der Waals surface area contributed by atoms with Crippen LogP contribution in [-0.4, -0.2) is 46.4 Å². The van der Waals surface area contributed by atoms with E-state index in [9.17, 15) is 9.59 Å². The Labute approximate surface area is 178 Å². The maximum absolute atomic E-state index is 12.7. The van der Waals surface area contributed by atoms with Crippen molar-refractivity contribution in [2.45, 2.75) is 32.4 Å². The SMILES string of the molecule is CCOC(=O)c1[nH]c(C)c(C(=O)CSc2nnc(Cc3ccc(OC)cc3)o2)c1C. The normalized spacial score (nSPS) is 10.8. The molecule has 8 nitrogen and oxygen atoms in total. The number of methoxy groups -OCH3 is 1. The van der Waals surface area contributed by atoms with E-state index in [4.69, 9.17) is 13.9 Å². The molecule has 0 aliphatic carbocycles. The summed E-state index contributed by atoms with van der Waals surface area (Å²) in [5, 5.41) is 8.36. The number of esters is 1. The van der Waals surface area contributed by atoms with E-state index >= 15 is 0 Å². The number of ether oxygens (including phenoxy) is 2. The molecule has 0 aliphatic rings. The number of carbonyl (C=O) groups is 2. The lowest BCUT2D eigenvalue weighted by molar-refractivity contribution is 0.0519. The van der Waals surface area contributed by atoms with Gasteiger partial charge in [0, 0.05) is 11.3 Å². The van der Waals surface area contributed by atoms with Crippen molar-refractivity contribution >= 4 is 23.5 Å². The molecule has 9 heteroatoms. The zero-order valence-corrected chi connectivity index (χ0v) is 18.1. The fraction of sp³-hybridized carbons (Fsp3) is 0.333. The molecule has 0 atom stereocenters. The molecule has 0 bridgehead atoms. The van der Waals surface area contributed by atoms with Crippen molar-refractivity contribution in [3.8, 4) is 5.75 Å². The van der Waals surface area contributed by atoms with Crippen LogP contribution in [0.1, 0.15) is 50.5 Å². The van der Waals surface area contributed by atoms with Crippen LogP contribution in [0.5, 0.6) is 5.75 Å². The molecule has 0 aliphatic heterocycles. The first kappa shape index (κ1) is 21.6.